The predicted octanol–water partition coefficient (Wildman–Crippen LogP) is 2.44. The van der Waals surface area contributed by atoms with Crippen LogP contribution in [0, 0.1) is 12.8 Å². The van der Waals surface area contributed by atoms with Crippen LogP contribution in [0.5, 0.6) is 0 Å². The highest BCUT2D eigenvalue weighted by atomic mass is 16.4. The summed E-state index contributed by atoms with van der Waals surface area (Å²) in [7, 11) is 0. The van der Waals surface area contributed by atoms with Crippen LogP contribution in [0.2, 0.25) is 0 Å². The Kier molecular flexibility index (Phi) is 4.76. The van der Waals surface area contributed by atoms with Gasteiger partial charge >= 0.3 is 0 Å². The normalized spacial score (nSPS) is 15.4. The first kappa shape index (κ1) is 15.7. The first-order valence-electron chi connectivity index (χ1n) is 8.17. The van der Waals surface area contributed by atoms with Gasteiger partial charge in [-0.2, -0.15) is 0 Å². The summed E-state index contributed by atoms with van der Waals surface area (Å²) in [6.45, 7) is 2.55. The molecule has 5 heteroatoms. The zero-order valence-corrected chi connectivity index (χ0v) is 13.4. The fourth-order valence-corrected chi connectivity index (χ4v) is 2.64. The number of carbonyl (C=O) groups is 1. The number of nitrogens with two attached hydrogens (primary N) is 1. The molecule has 3 rings (SSSR count). The van der Waals surface area contributed by atoms with Crippen molar-refractivity contribution in [2.45, 2.75) is 38.6 Å². The predicted molar refractivity (Wildman–Crippen MR) is 88.7 cm³/mol. The second-order valence-electron chi connectivity index (χ2n) is 6.23. The van der Waals surface area contributed by atoms with Crippen molar-refractivity contribution >= 4 is 5.91 Å². The minimum absolute atomic E-state index is 0.0161. The molecule has 0 spiro atoms. The van der Waals surface area contributed by atoms with E-state index in [1.807, 2.05) is 31.2 Å². The van der Waals surface area contributed by atoms with Crippen molar-refractivity contribution in [3.05, 3.63) is 41.9 Å². The van der Waals surface area contributed by atoms with E-state index in [0.717, 1.165) is 11.3 Å². The summed E-state index contributed by atoms with van der Waals surface area (Å²) in [6, 6.07) is 8.21. The zero-order chi connectivity index (χ0) is 16.2. The number of rotatable bonds is 7. The van der Waals surface area contributed by atoms with Gasteiger partial charge in [-0.25, -0.2) is 4.98 Å². The fourth-order valence-electron chi connectivity index (χ4n) is 2.64. The molecule has 23 heavy (non-hydrogen) atoms. The molecule has 1 saturated carbocycles. The molecule has 2 aromatic rings. The molecule has 0 radical (unpaired) electrons. The molecular weight excluding hydrogens is 290 g/mol. The lowest BCUT2D eigenvalue weighted by Gasteiger charge is -2.15. The molecule has 1 aliphatic rings. The van der Waals surface area contributed by atoms with Crippen LogP contribution >= 0.6 is 0 Å². The first-order chi connectivity index (χ1) is 11.2. The molecular formula is C18H23N3O2. The minimum Gasteiger partial charge on any atom is -0.441 e. The van der Waals surface area contributed by atoms with Gasteiger partial charge in [0.25, 0.3) is 0 Å². The van der Waals surface area contributed by atoms with E-state index >= 15 is 0 Å². The second kappa shape index (κ2) is 6.96. The van der Waals surface area contributed by atoms with E-state index in [1.54, 1.807) is 6.20 Å². The fraction of sp³-hybridized carbons (Fsp3) is 0.444. The Balaban J connectivity index is 1.52. The summed E-state index contributed by atoms with van der Waals surface area (Å²) in [5.41, 5.74) is 7.90. The number of oxazole rings is 1. The lowest BCUT2D eigenvalue weighted by molar-refractivity contribution is -0.121. The summed E-state index contributed by atoms with van der Waals surface area (Å²) in [6.07, 6.45) is 4.92. The van der Waals surface area contributed by atoms with Gasteiger partial charge < -0.3 is 15.5 Å². The standard InChI is InChI=1S/C18H23N3O2/c1-12-2-4-14(5-3-12)16-11-20-18(23-16)9-8-17(22)21-15(10-19)13-6-7-13/h2-5,11,13,15H,6-10,19H2,1H3,(H,21,22). The van der Waals surface area contributed by atoms with Crippen molar-refractivity contribution in [1.82, 2.24) is 10.3 Å². The summed E-state index contributed by atoms with van der Waals surface area (Å²) < 4.78 is 5.74. The minimum atomic E-state index is 0.0161. The van der Waals surface area contributed by atoms with E-state index in [4.69, 9.17) is 10.2 Å². The van der Waals surface area contributed by atoms with Gasteiger partial charge in [0, 0.05) is 31.0 Å². The van der Waals surface area contributed by atoms with E-state index < -0.39 is 0 Å². The zero-order valence-electron chi connectivity index (χ0n) is 13.4. The van der Waals surface area contributed by atoms with E-state index in [0.29, 0.717) is 31.2 Å². The maximum Gasteiger partial charge on any atom is 0.220 e. The summed E-state index contributed by atoms with van der Waals surface area (Å²) in [5.74, 6) is 1.91. The topological polar surface area (TPSA) is 81.2 Å². The number of carbonyl (C=O) groups excluding carboxylic acids is 1. The lowest BCUT2D eigenvalue weighted by atomic mass is 10.1. The van der Waals surface area contributed by atoms with Crippen LogP contribution in [0.25, 0.3) is 11.3 Å². The maximum atomic E-state index is 12.0. The van der Waals surface area contributed by atoms with E-state index in [2.05, 4.69) is 10.3 Å². The van der Waals surface area contributed by atoms with Crippen LogP contribution in [0.3, 0.4) is 0 Å². The number of hydrogen-bond acceptors (Lipinski definition) is 4. The maximum absolute atomic E-state index is 12.0. The Labute approximate surface area is 136 Å². The van der Waals surface area contributed by atoms with Gasteiger partial charge in [-0.1, -0.05) is 29.8 Å². The van der Waals surface area contributed by atoms with Gasteiger partial charge in [0.05, 0.1) is 6.20 Å². The van der Waals surface area contributed by atoms with E-state index in [9.17, 15) is 4.79 Å². The van der Waals surface area contributed by atoms with Crippen molar-refractivity contribution in [2.75, 3.05) is 6.54 Å². The molecule has 1 fully saturated rings. The Hall–Kier alpha value is -2.14. The number of nitrogens with one attached hydrogen (secondary N) is 1. The molecule has 1 unspecified atom stereocenters. The third-order valence-electron chi connectivity index (χ3n) is 4.25. The average molecular weight is 313 g/mol. The Bertz CT molecular complexity index is 659. The van der Waals surface area contributed by atoms with Gasteiger partial charge in [0.1, 0.15) is 0 Å². The number of nitrogens with zero attached hydrogens (tertiary/aromatic N) is 1. The Morgan fingerprint density at radius 1 is 1.39 bits per heavy atom. The van der Waals surface area contributed by atoms with Gasteiger partial charge in [-0.15, -0.1) is 0 Å². The third-order valence-corrected chi connectivity index (χ3v) is 4.25. The molecule has 1 atom stereocenters. The highest BCUT2D eigenvalue weighted by Crippen LogP contribution is 2.32. The quantitative estimate of drug-likeness (QED) is 0.822. The number of benzene rings is 1. The number of hydrogen-bond donors (Lipinski definition) is 2. The van der Waals surface area contributed by atoms with Crippen LogP contribution < -0.4 is 11.1 Å². The SMILES string of the molecule is Cc1ccc(-c2cnc(CCC(=O)NC(CN)C3CC3)o2)cc1. The smallest absolute Gasteiger partial charge is 0.220 e. The van der Waals surface area contributed by atoms with Crippen molar-refractivity contribution in [3.8, 4) is 11.3 Å². The van der Waals surface area contributed by atoms with Gasteiger partial charge in [-0.05, 0) is 25.7 Å². The summed E-state index contributed by atoms with van der Waals surface area (Å²) in [5, 5.41) is 3.01. The van der Waals surface area contributed by atoms with Crippen LogP contribution in [0.15, 0.2) is 34.9 Å². The van der Waals surface area contributed by atoms with Crippen LogP contribution in [-0.2, 0) is 11.2 Å². The van der Waals surface area contributed by atoms with Crippen molar-refractivity contribution < 1.29 is 9.21 Å². The van der Waals surface area contributed by atoms with Crippen molar-refractivity contribution in [1.29, 1.82) is 0 Å². The molecule has 3 N–H and O–H groups in total. The van der Waals surface area contributed by atoms with Gasteiger partial charge in [0.2, 0.25) is 5.91 Å². The number of amides is 1. The molecule has 0 saturated heterocycles. The monoisotopic (exact) mass is 313 g/mol. The van der Waals surface area contributed by atoms with Crippen LogP contribution in [0.1, 0.15) is 30.7 Å². The number of aryl methyl sites for hydroxylation is 2. The van der Waals surface area contributed by atoms with Gasteiger partial charge in [0.15, 0.2) is 11.7 Å². The average Bonchev–Trinajstić information content (AvgIpc) is 3.29. The molecule has 1 aromatic carbocycles. The summed E-state index contributed by atoms with van der Waals surface area (Å²) >= 11 is 0. The highest BCUT2D eigenvalue weighted by Gasteiger charge is 2.31. The van der Waals surface area contributed by atoms with Crippen molar-refractivity contribution in [3.63, 3.8) is 0 Å². The molecule has 0 aliphatic heterocycles. The molecule has 1 aliphatic carbocycles. The summed E-state index contributed by atoms with van der Waals surface area (Å²) in [4.78, 5) is 16.3. The number of aromatic nitrogens is 1. The molecule has 5 nitrogen and oxygen atoms in total. The van der Waals surface area contributed by atoms with Crippen molar-refractivity contribution in [2.24, 2.45) is 11.7 Å². The molecule has 1 aromatic heterocycles. The lowest BCUT2D eigenvalue weighted by Crippen LogP contribution is -2.41. The first-order valence-corrected chi connectivity index (χ1v) is 8.17. The third kappa shape index (κ3) is 4.20. The Morgan fingerprint density at radius 2 is 2.13 bits per heavy atom. The van der Waals surface area contributed by atoms with Gasteiger partial charge in [-0.3, -0.25) is 4.79 Å². The van der Waals surface area contributed by atoms with Crippen LogP contribution in [0.4, 0.5) is 0 Å². The Morgan fingerprint density at radius 3 is 2.78 bits per heavy atom. The highest BCUT2D eigenvalue weighted by molar-refractivity contribution is 5.76. The van der Waals surface area contributed by atoms with Crippen LogP contribution in [-0.4, -0.2) is 23.5 Å². The molecule has 1 amide bonds. The largest absolute Gasteiger partial charge is 0.441 e. The molecule has 0 bridgehead atoms. The van der Waals surface area contributed by atoms with E-state index in [1.165, 1.54) is 18.4 Å². The van der Waals surface area contributed by atoms with E-state index in [-0.39, 0.29) is 11.9 Å². The molecule has 1 heterocycles. The second-order valence-corrected chi connectivity index (χ2v) is 6.23. The molecule has 122 valence electrons.